The molecule has 0 saturated carbocycles. The molecule has 0 rings (SSSR count). The largest absolute Gasteiger partial charge is 0.462 e. The fourth-order valence-corrected chi connectivity index (χ4v) is 8.39. The van der Waals surface area contributed by atoms with E-state index in [2.05, 4.69) is 57.2 Å². The lowest BCUT2D eigenvalue weighted by atomic mass is 10.0. The van der Waals surface area contributed by atoms with Crippen LogP contribution < -0.4 is 0 Å². The van der Waals surface area contributed by atoms with E-state index < -0.39 is 6.10 Å². The molecule has 0 fully saturated rings. The molecule has 1 unspecified atom stereocenters. The zero-order chi connectivity index (χ0) is 47.2. The lowest BCUT2D eigenvalue weighted by molar-refractivity contribution is -0.167. The predicted octanol–water partition coefficient (Wildman–Crippen LogP) is 18.9. The fourth-order valence-electron chi connectivity index (χ4n) is 8.39. The Hall–Kier alpha value is -2.37. The van der Waals surface area contributed by atoms with Crippen LogP contribution in [0.5, 0.6) is 0 Å². The number of rotatable bonds is 52. The first-order chi connectivity index (χ1) is 32.0. The molecule has 1 atom stereocenters. The van der Waals surface area contributed by atoms with Gasteiger partial charge in [0.2, 0.25) is 0 Å². The number of carbonyl (C=O) groups is 3. The van der Waals surface area contributed by atoms with Gasteiger partial charge in [0.1, 0.15) is 13.2 Å². The molecule has 0 saturated heterocycles. The van der Waals surface area contributed by atoms with E-state index in [1.807, 2.05) is 0 Å². The van der Waals surface area contributed by atoms with Crippen LogP contribution in [0.4, 0.5) is 0 Å². The zero-order valence-electron chi connectivity index (χ0n) is 43.5. The number of hydrogen-bond acceptors (Lipinski definition) is 6. The minimum atomic E-state index is -0.775. The van der Waals surface area contributed by atoms with Crippen molar-refractivity contribution in [2.45, 2.75) is 309 Å². The predicted molar refractivity (Wildman–Crippen MR) is 279 cm³/mol. The molecule has 0 radical (unpaired) electrons. The van der Waals surface area contributed by atoms with Gasteiger partial charge in [-0.25, -0.2) is 0 Å². The molecule has 0 heterocycles. The highest BCUT2D eigenvalue weighted by molar-refractivity contribution is 5.71. The van der Waals surface area contributed by atoms with E-state index in [1.165, 1.54) is 186 Å². The number of esters is 3. The molecule has 0 aromatic carbocycles. The molecule has 6 nitrogen and oxygen atoms in total. The van der Waals surface area contributed by atoms with E-state index >= 15 is 0 Å². The van der Waals surface area contributed by atoms with Gasteiger partial charge in [-0.15, -0.1) is 0 Å². The molecular weight excluding hydrogens is 805 g/mol. The van der Waals surface area contributed by atoms with Gasteiger partial charge in [-0.2, -0.15) is 0 Å². The third-order valence-electron chi connectivity index (χ3n) is 12.7. The maximum atomic E-state index is 12.8. The summed E-state index contributed by atoms with van der Waals surface area (Å²) in [5, 5.41) is 0. The van der Waals surface area contributed by atoms with Gasteiger partial charge < -0.3 is 14.2 Å². The normalized spacial score (nSPS) is 12.2. The highest BCUT2D eigenvalue weighted by atomic mass is 16.6. The van der Waals surface area contributed by atoms with Crippen molar-refractivity contribution >= 4 is 17.9 Å². The van der Waals surface area contributed by atoms with E-state index in [-0.39, 0.29) is 31.1 Å². The van der Waals surface area contributed by atoms with Crippen LogP contribution in [0, 0.1) is 0 Å². The molecule has 0 amide bonds. The second kappa shape index (κ2) is 54.2. The van der Waals surface area contributed by atoms with E-state index in [1.54, 1.807) is 0 Å². The van der Waals surface area contributed by atoms with Crippen molar-refractivity contribution in [3.05, 3.63) is 36.5 Å². The van der Waals surface area contributed by atoms with Crippen molar-refractivity contribution in [3.63, 3.8) is 0 Å². The van der Waals surface area contributed by atoms with Gasteiger partial charge >= 0.3 is 17.9 Å². The fraction of sp³-hybridized carbons (Fsp3) is 0.847. The van der Waals surface area contributed by atoms with E-state index in [4.69, 9.17) is 14.2 Å². The topological polar surface area (TPSA) is 78.9 Å². The molecule has 0 aliphatic carbocycles. The summed E-state index contributed by atoms with van der Waals surface area (Å²) < 4.78 is 16.8. The molecule has 6 heteroatoms. The maximum Gasteiger partial charge on any atom is 0.306 e. The first-order valence-corrected chi connectivity index (χ1v) is 28.5. The minimum absolute atomic E-state index is 0.0743. The Morgan fingerprint density at radius 2 is 0.554 bits per heavy atom. The van der Waals surface area contributed by atoms with Crippen molar-refractivity contribution in [3.8, 4) is 0 Å². The van der Waals surface area contributed by atoms with Crippen LogP contribution in [0.15, 0.2) is 36.5 Å². The Morgan fingerprint density at radius 3 is 0.846 bits per heavy atom. The van der Waals surface area contributed by atoms with E-state index in [0.717, 1.165) is 77.0 Å². The summed E-state index contributed by atoms with van der Waals surface area (Å²) in [7, 11) is 0. The summed E-state index contributed by atoms with van der Waals surface area (Å²) in [6.45, 7) is 6.64. The van der Waals surface area contributed by atoms with Gasteiger partial charge in [0.25, 0.3) is 0 Å². The van der Waals surface area contributed by atoms with Gasteiger partial charge in [-0.3, -0.25) is 14.4 Å². The van der Waals surface area contributed by atoms with E-state index in [9.17, 15) is 14.4 Å². The summed E-state index contributed by atoms with van der Waals surface area (Å²) in [4.78, 5) is 38.1. The quantitative estimate of drug-likeness (QED) is 0.0262. The molecule has 0 aromatic rings. The number of carbonyl (C=O) groups excluding carboxylic acids is 3. The Bertz CT molecular complexity index is 1090. The minimum Gasteiger partial charge on any atom is -0.462 e. The highest BCUT2D eigenvalue weighted by Crippen LogP contribution is 2.17. The van der Waals surface area contributed by atoms with Crippen LogP contribution in [-0.2, 0) is 28.6 Å². The van der Waals surface area contributed by atoms with Crippen molar-refractivity contribution in [2.75, 3.05) is 13.2 Å². The molecule has 0 spiro atoms. The molecule has 0 bridgehead atoms. The maximum absolute atomic E-state index is 12.8. The molecular formula is C59H108O6. The van der Waals surface area contributed by atoms with Gasteiger partial charge in [-0.1, -0.05) is 276 Å². The smallest absolute Gasteiger partial charge is 0.306 e. The van der Waals surface area contributed by atoms with Crippen molar-refractivity contribution in [2.24, 2.45) is 0 Å². The average molecular weight is 914 g/mol. The number of ether oxygens (including phenoxy) is 3. The molecule has 0 aliphatic rings. The molecule has 0 N–H and O–H groups in total. The van der Waals surface area contributed by atoms with Crippen molar-refractivity contribution in [1.82, 2.24) is 0 Å². The molecule has 65 heavy (non-hydrogen) atoms. The second-order valence-corrected chi connectivity index (χ2v) is 19.3. The lowest BCUT2D eigenvalue weighted by Gasteiger charge is -2.18. The van der Waals surface area contributed by atoms with Crippen molar-refractivity contribution in [1.29, 1.82) is 0 Å². The lowest BCUT2D eigenvalue weighted by Crippen LogP contribution is -2.30. The van der Waals surface area contributed by atoms with Crippen LogP contribution in [0.25, 0.3) is 0 Å². The highest BCUT2D eigenvalue weighted by Gasteiger charge is 2.19. The Kier molecular flexibility index (Phi) is 52.3. The van der Waals surface area contributed by atoms with Crippen LogP contribution in [0.1, 0.15) is 303 Å². The SMILES string of the molecule is CCCCCCC\C=C/C=C\C=C/CCCCCCCC(=O)OCC(COC(=O)CCCCCCCCCCCCC)OC(=O)CCCCCCCCCCCCCCCCCCCC. The first kappa shape index (κ1) is 62.6. The number of unbranched alkanes of at least 4 members (excludes halogenated alkanes) is 37. The molecule has 0 aliphatic heterocycles. The summed E-state index contributed by atoms with van der Waals surface area (Å²) >= 11 is 0. The summed E-state index contributed by atoms with van der Waals surface area (Å²) in [5.74, 6) is -0.878. The second-order valence-electron chi connectivity index (χ2n) is 19.3. The average Bonchev–Trinajstić information content (AvgIpc) is 3.30. The van der Waals surface area contributed by atoms with Crippen LogP contribution in [0.3, 0.4) is 0 Å². The van der Waals surface area contributed by atoms with Crippen LogP contribution in [-0.4, -0.2) is 37.2 Å². The number of hydrogen-bond donors (Lipinski definition) is 0. The van der Waals surface area contributed by atoms with Gasteiger partial charge in [0, 0.05) is 19.3 Å². The summed E-state index contributed by atoms with van der Waals surface area (Å²) in [6, 6.07) is 0. The third-order valence-corrected chi connectivity index (χ3v) is 12.7. The van der Waals surface area contributed by atoms with Crippen LogP contribution in [0.2, 0.25) is 0 Å². The molecule has 0 aromatic heterocycles. The Balaban J connectivity index is 4.34. The standard InChI is InChI=1S/C59H108O6/c1-4-7-10-13-16-19-22-24-26-28-30-32-34-37-40-43-46-49-52-58(61)64-55-56(54-63-57(60)51-48-45-42-39-36-21-18-15-12-9-6-3)65-59(62)53-50-47-44-41-38-35-33-31-29-27-25-23-20-17-14-11-8-5-2/h22,24,26,28,30,32,56H,4-21,23,25,27,29,31,33-55H2,1-3H3/b24-22-,28-26-,32-30-. The first-order valence-electron chi connectivity index (χ1n) is 28.5. The molecule has 380 valence electrons. The third kappa shape index (κ3) is 52.5. The van der Waals surface area contributed by atoms with Crippen LogP contribution >= 0.6 is 0 Å². The monoisotopic (exact) mass is 913 g/mol. The number of allylic oxidation sites excluding steroid dienone is 6. The van der Waals surface area contributed by atoms with Gasteiger partial charge in [0.05, 0.1) is 0 Å². The Morgan fingerprint density at radius 1 is 0.308 bits per heavy atom. The summed E-state index contributed by atoms with van der Waals surface area (Å²) in [6.07, 6.45) is 64.2. The van der Waals surface area contributed by atoms with Gasteiger partial charge in [-0.05, 0) is 44.9 Å². The summed E-state index contributed by atoms with van der Waals surface area (Å²) in [5.41, 5.74) is 0. The van der Waals surface area contributed by atoms with E-state index in [0.29, 0.717) is 19.3 Å². The van der Waals surface area contributed by atoms with Crippen molar-refractivity contribution < 1.29 is 28.6 Å². The Labute approximate surface area is 404 Å². The van der Waals surface area contributed by atoms with Gasteiger partial charge in [0.15, 0.2) is 6.10 Å². The zero-order valence-corrected chi connectivity index (χ0v) is 43.5.